The molecule has 1 heterocycles. The predicted molar refractivity (Wildman–Crippen MR) is 49.5 cm³/mol. The quantitative estimate of drug-likeness (QED) is 0.664. The number of aliphatic carboxylic acids is 1. The van der Waals surface area contributed by atoms with Crippen LogP contribution in [-0.2, 0) is 4.79 Å². The van der Waals surface area contributed by atoms with E-state index in [2.05, 4.69) is 11.9 Å². The standard InChI is InChI=1S/C10H17NO2/c1-11-4-2-10(3-5-11)6-8(7-10)9(12)13/h8H,2-7H2,1H3,(H,12,13). The summed E-state index contributed by atoms with van der Waals surface area (Å²) in [5.74, 6) is -0.632. The van der Waals surface area contributed by atoms with Gasteiger partial charge in [0.25, 0.3) is 0 Å². The topological polar surface area (TPSA) is 40.5 Å². The van der Waals surface area contributed by atoms with Crippen LogP contribution in [0.15, 0.2) is 0 Å². The number of carboxylic acids is 1. The highest BCUT2D eigenvalue weighted by molar-refractivity contribution is 5.71. The molecule has 0 atom stereocenters. The van der Waals surface area contributed by atoms with Crippen LogP contribution in [0.25, 0.3) is 0 Å². The molecule has 3 heteroatoms. The second-order valence-corrected chi connectivity index (χ2v) is 4.75. The third kappa shape index (κ3) is 1.57. The van der Waals surface area contributed by atoms with E-state index in [0.29, 0.717) is 5.41 Å². The van der Waals surface area contributed by atoms with E-state index in [1.807, 2.05) is 0 Å². The number of hydrogen-bond acceptors (Lipinski definition) is 2. The molecule has 74 valence electrons. The zero-order chi connectivity index (χ0) is 9.47. The van der Waals surface area contributed by atoms with Crippen LogP contribution < -0.4 is 0 Å². The van der Waals surface area contributed by atoms with E-state index in [-0.39, 0.29) is 5.92 Å². The lowest BCUT2D eigenvalue weighted by Gasteiger charge is -2.50. The maximum absolute atomic E-state index is 10.7. The van der Waals surface area contributed by atoms with Crippen LogP contribution in [-0.4, -0.2) is 36.1 Å². The lowest BCUT2D eigenvalue weighted by Crippen LogP contribution is -2.48. The van der Waals surface area contributed by atoms with Crippen molar-refractivity contribution in [3.8, 4) is 0 Å². The average molecular weight is 183 g/mol. The van der Waals surface area contributed by atoms with Crippen LogP contribution in [0.3, 0.4) is 0 Å². The summed E-state index contributed by atoms with van der Waals surface area (Å²) in [5, 5.41) is 8.79. The van der Waals surface area contributed by atoms with Gasteiger partial charge in [-0.1, -0.05) is 0 Å². The van der Waals surface area contributed by atoms with Crippen molar-refractivity contribution in [2.75, 3.05) is 20.1 Å². The molecule has 0 aromatic carbocycles. The maximum atomic E-state index is 10.7. The number of likely N-dealkylation sites (tertiary alicyclic amines) is 1. The maximum Gasteiger partial charge on any atom is 0.306 e. The van der Waals surface area contributed by atoms with Gasteiger partial charge < -0.3 is 10.0 Å². The van der Waals surface area contributed by atoms with Crippen LogP contribution >= 0.6 is 0 Å². The van der Waals surface area contributed by atoms with E-state index < -0.39 is 5.97 Å². The Bertz CT molecular complexity index is 211. The molecule has 1 saturated heterocycles. The fourth-order valence-electron chi connectivity index (χ4n) is 2.66. The van der Waals surface area contributed by atoms with Gasteiger partial charge in [0.2, 0.25) is 0 Å². The monoisotopic (exact) mass is 183 g/mol. The highest BCUT2D eigenvalue weighted by atomic mass is 16.4. The molecule has 0 unspecified atom stereocenters. The molecule has 1 aliphatic heterocycles. The summed E-state index contributed by atoms with van der Waals surface area (Å²) in [6.45, 7) is 2.29. The highest BCUT2D eigenvalue weighted by Crippen LogP contribution is 2.52. The number of nitrogens with zero attached hydrogens (tertiary/aromatic N) is 1. The molecule has 0 aromatic rings. The predicted octanol–water partition coefficient (Wildman–Crippen LogP) is 1.19. The third-order valence-electron chi connectivity index (χ3n) is 3.76. The van der Waals surface area contributed by atoms with Gasteiger partial charge in [-0.3, -0.25) is 4.79 Å². The van der Waals surface area contributed by atoms with Gasteiger partial charge in [0, 0.05) is 0 Å². The fourth-order valence-corrected chi connectivity index (χ4v) is 2.66. The van der Waals surface area contributed by atoms with Gasteiger partial charge in [-0.05, 0) is 51.2 Å². The van der Waals surface area contributed by atoms with Crippen molar-refractivity contribution in [3.05, 3.63) is 0 Å². The van der Waals surface area contributed by atoms with E-state index in [1.54, 1.807) is 0 Å². The van der Waals surface area contributed by atoms with Crippen molar-refractivity contribution < 1.29 is 9.90 Å². The Labute approximate surface area is 78.7 Å². The summed E-state index contributed by atoms with van der Waals surface area (Å²) in [5.41, 5.74) is 0.412. The van der Waals surface area contributed by atoms with Crippen LogP contribution in [0.2, 0.25) is 0 Å². The summed E-state index contributed by atoms with van der Waals surface area (Å²) in [4.78, 5) is 13.0. The molecule has 1 N–H and O–H groups in total. The number of hydrogen-bond donors (Lipinski definition) is 1. The van der Waals surface area contributed by atoms with Crippen molar-refractivity contribution >= 4 is 5.97 Å². The van der Waals surface area contributed by atoms with E-state index in [9.17, 15) is 4.79 Å². The molecule has 2 fully saturated rings. The first-order chi connectivity index (χ1) is 6.11. The first-order valence-corrected chi connectivity index (χ1v) is 5.03. The molecule has 1 saturated carbocycles. The van der Waals surface area contributed by atoms with Crippen molar-refractivity contribution in [1.82, 2.24) is 4.90 Å². The van der Waals surface area contributed by atoms with Crippen LogP contribution in [0.5, 0.6) is 0 Å². The SMILES string of the molecule is CN1CCC2(CC1)CC(C(=O)O)C2. The number of piperidine rings is 1. The molecular formula is C10H17NO2. The zero-order valence-electron chi connectivity index (χ0n) is 8.12. The number of carbonyl (C=O) groups is 1. The van der Waals surface area contributed by atoms with Crippen molar-refractivity contribution in [2.24, 2.45) is 11.3 Å². The summed E-state index contributed by atoms with van der Waals surface area (Å²) >= 11 is 0. The minimum atomic E-state index is -0.593. The molecule has 13 heavy (non-hydrogen) atoms. The number of carboxylic acid groups (broad SMARTS) is 1. The summed E-state index contributed by atoms with van der Waals surface area (Å²) in [6.07, 6.45) is 4.26. The van der Waals surface area contributed by atoms with Gasteiger partial charge in [-0.15, -0.1) is 0 Å². The van der Waals surface area contributed by atoms with E-state index in [0.717, 1.165) is 25.9 Å². The Kier molecular flexibility index (Phi) is 2.06. The zero-order valence-corrected chi connectivity index (χ0v) is 8.12. The minimum absolute atomic E-state index is 0.0385. The lowest BCUT2D eigenvalue weighted by molar-refractivity contribution is -0.152. The molecule has 2 rings (SSSR count). The molecule has 1 aliphatic carbocycles. The largest absolute Gasteiger partial charge is 0.481 e. The second-order valence-electron chi connectivity index (χ2n) is 4.75. The lowest BCUT2D eigenvalue weighted by atomic mass is 9.57. The van der Waals surface area contributed by atoms with Gasteiger partial charge in [0.05, 0.1) is 5.92 Å². The van der Waals surface area contributed by atoms with Crippen LogP contribution in [0.1, 0.15) is 25.7 Å². The van der Waals surface area contributed by atoms with Gasteiger partial charge in [-0.2, -0.15) is 0 Å². The van der Waals surface area contributed by atoms with Crippen molar-refractivity contribution in [2.45, 2.75) is 25.7 Å². The second kappa shape index (κ2) is 2.98. The Morgan fingerprint density at radius 1 is 1.38 bits per heavy atom. The molecule has 1 spiro atoms. The summed E-state index contributed by atoms with van der Waals surface area (Å²) in [6, 6.07) is 0. The van der Waals surface area contributed by atoms with E-state index >= 15 is 0 Å². The van der Waals surface area contributed by atoms with Crippen molar-refractivity contribution in [3.63, 3.8) is 0 Å². The summed E-state index contributed by atoms with van der Waals surface area (Å²) in [7, 11) is 2.14. The highest BCUT2D eigenvalue weighted by Gasteiger charge is 2.48. The van der Waals surface area contributed by atoms with E-state index in [1.165, 1.54) is 12.8 Å². The average Bonchev–Trinajstić information content (AvgIpc) is 2.02. The number of rotatable bonds is 1. The van der Waals surface area contributed by atoms with Gasteiger partial charge in [0.1, 0.15) is 0 Å². The molecule has 0 radical (unpaired) electrons. The Morgan fingerprint density at radius 3 is 2.38 bits per heavy atom. The third-order valence-corrected chi connectivity index (χ3v) is 3.76. The van der Waals surface area contributed by atoms with E-state index in [4.69, 9.17) is 5.11 Å². The van der Waals surface area contributed by atoms with Crippen LogP contribution in [0, 0.1) is 11.3 Å². The molecule has 3 nitrogen and oxygen atoms in total. The van der Waals surface area contributed by atoms with Gasteiger partial charge in [-0.25, -0.2) is 0 Å². The fraction of sp³-hybridized carbons (Fsp3) is 0.900. The molecule has 0 amide bonds. The molecule has 0 aromatic heterocycles. The smallest absolute Gasteiger partial charge is 0.306 e. The molecule has 0 bridgehead atoms. The molecular weight excluding hydrogens is 166 g/mol. The Morgan fingerprint density at radius 2 is 1.92 bits per heavy atom. The Hall–Kier alpha value is -0.570. The normalized spacial score (nSPS) is 28.7. The first kappa shape index (κ1) is 9.00. The first-order valence-electron chi connectivity index (χ1n) is 5.03. The van der Waals surface area contributed by atoms with Gasteiger partial charge >= 0.3 is 5.97 Å². The van der Waals surface area contributed by atoms with Crippen molar-refractivity contribution in [1.29, 1.82) is 0 Å². The summed E-state index contributed by atoms with van der Waals surface area (Å²) < 4.78 is 0. The van der Waals surface area contributed by atoms with Crippen LogP contribution in [0.4, 0.5) is 0 Å². The minimum Gasteiger partial charge on any atom is -0.481 e. The molecule has 2 aliphatic rings. The van der Waals surface area contributed by atoms with Gasteiger partial charge in [0.15, 0.2) is 0 Å². The Balaban J connectivity index is 1.86.